The van der Waals surface area contributed by atoms with Crippen LogP contribution in [0.5, 0.6) is 0 Å². The number of aryl methyl sites for hydroxylation is 1. The molecule has 0 amide bonds. The van der Waals surface area contributed by atoms with Crippen LogP contribution in [0.2, 0.25) is 0 Å². The zero-order valence-electron chi connectivity index (χ0n) is 8.05. The second-order valence-electron chi connectivity index (χ2n) is 4.13. The van der Waals surface area contributed by atoms with Gasteiger partial charge in [0.05, 0.1) is 5.01 Å². The smallest absolute Gasteiger partial charge is 0.0946 e. The normalized spacial score (nSPS) is 20.8. The molecule has 0 aliphatic heterocycles. The summed E-state index contributed by atoms with van der Waals surface area (Å²) in [5.41, 5.74) is 7.45. The minimum Gasteiger partial charge on any atom is -0.325 e. The predicted molar refractivity (Wildman–Crippen MR) is 55.9 cm³/mol. The number of hydrogen-bond donors (Lipinski definition) is 1. The first-order valence-electron chi connectivity index (χ1n) is 4.88. The number of aromatic nitrogens is 1. The lowest BCUT2D eigenvalue weighted by molar-refractivity contribution is 0.435. The summed E-state index contributed by atoms with van der Waals surface area (Å²) in [5, 5.41) is 3.31. The third-order valence-electron chi connectivity index (χ3n) is 2.77. The molecule has 0 aromatic carbocycles. The highest BCUT2D eigenvalue weighted by Crippen LogP contribution is 2.31. The molecule has 0 unspecified atom stereocenters. The Bertz CT molecular complexity index is 287. The standard InChI is InChI=1S/C10H16N2S/c1-8-7-13-9(12-8)6-10(11)4-2-3-5-10/h7H,2-6,11H2,1H3. The fourth-order valence-corrected chi connectivity index (χ4v) is 2.97. The zero-order chi connectivity index (χ0) is 9.31. The van der Waals surface area contributed by atoms with Crippen molar-refractivity contribution in [1.29, 1.82) is 0 Å². The number of nitrogens with zero attached hydrogens (tertiary/aromatic N) is 1. The van der Waals surface area contributed by atoms with E-state index in [-0.39, 0.29) is 5.54 Å². The molecule has 1 fully saturated rings. The second-order valence-corrected chi connectivity index (χ2v) is 5.07. The Labute approximate surface area is 83.2 Å². The van der Waals surface area contributed by atoms with Gasteiger partial charge in [-0.2, -0.15) is 0 Å². The van der Waals surface area contributed by atoms with Crippen LogP contribution in [0.1, 0.15) is 36.4 Å². The van der Waals surface area contributed by atoms with Gasteiger partial charge in [0.15, 0.2) is 0 Å². The summed E-state index contributed by atoms with van der Waals surface area (Å²) in [7, 11) is 0. The molecular weight excluding hydrogens is 180 g/mol. The Morgan fingerprint density at radius 2 is 2.23 bits per heavy atom. The third kappa shape index (κ3) is 2.09. The van der Waals surface area contributed by atoms with Crippen LogP contribution in [-0.2, 0) is 6.42 Å². The van der Waals surface area contributed by atoms with Gasteiger partial charge in [0.1, 0.15) is 0 Å². The van der Waals surface area contributed by atoms with Crippen LogP contribution in [0, 0.1) is 6.92 Å². The summed E-state index contributed by atoms with van der Waals surface area (Å²) in [4.78, 5) is 4.46. The maximum atomic E-state index is 6.27. The third-order valence-corrected chi connectivity index (χ3v) is 3.74. The Morgan fingerprint density at radius 3 is 2.77 bits per heavy atom. The summed E-state index contributed by atoms with van der Waals surface area (Å²) in [6, 6.07) is 0. The minimum atomic E-state index is 0.0598. The van der Waals surface area contributed by atoms with Crippen molar-refractivity contribution in [2.45, 2.75) is 44.6 Å². The Hall–Kier alpha value is -0.410. The first-order valence-corrected chi connectivity index (χ1v) is 5.76. The second kappa shape index (κ2) is 3.39. The monoisotopic (exact) mass is 196 g/mol. The van der Waals surface area contributed by atoms with Crippen molar-refractivity contribution in [3.05, 3.63) is 16.1 Å². The van der Waals surface area contributed by atoms with E-state index in [4.69, 9.17) is 5.73 Å². The summed E-state index contributed by atoms with van der Waals surface area (Å²) in [5.74, 6) is 0. The number of nitrogens with two attached hydrogens (primary N) is 1. The fraction of sp³-hybridized carbons (Fsp3) is 0.700. The molecule has 3 heteroatoms. The zero-order valence-corrected chi connectivity index (χ0v) is 8.86. The molecule has 1 aromatic rings. The highest BCUT2D eigenvalue weighted by Gasteiger charge is 2.30. The van der Waals surface area contributed by atoms with Gasteiger partial charge in [-0.3, -0.25) is 0 Å². The quantitative estimate of drug-likeness (QED) is 0.788. The molecule has 2 N–H and O–H groups in total. The van der Waals surface area contributed by atoms with Crippen LogP contribution in [0.3, 0.4) is 0 Å². The van der Waals surface area contributed by atoms with Crippen molar-refractivity contribution in [2.24, 2.45) is 5.73 Å². The van der Waals surface area contributed by atoms with Crippen LogP contribution in [-0.4, -0.2) is 10.5 Å². The maximum absolute atomic E-state index is 6.27. The van der Waals surface area contributed by atoms with E-state index < -0.39 is 0 Å². The van der Waals surface area contributed by atoms with Crippen molar-refractivity contribution >= 4 is 11.3 Å². The predicted octanol–water partition coefficient (Wildman–Crippen LogP) is 2.27. The topological polar surface area (TPSA) is 38.9 Å². The van der Waals surface area contributed by atoms with Crippen LogP contribution < -0.4 is 5.73 Å². The SMILES string of the molecule is Cc1csc(CC2(N)CCCC2)n1. The molecule has 0 bridgehead atoms. The van der Waals surface area contributed by atoms with E-state index in [9.17, 15) is 0 Å². The molecule has 72 valence electrons. The number of rotatable bonds is 2. The number of hydrogen-bond acceptors (Lipinski definition) is 3. The minimum absolute atomic E-state index is 0.0598. The summed E-state index contributed by atoms with van der Waals surface area (Å²) >= 11 is 1.74. The van der Waals surface area contributed by atoms with Crippen molar-refractivity contribution in [3.63, 3.8) is 0 Å². The molecule has 0 atom stereocenters. The summed E-state index contributed by atoms with van der Waals surface area (Å²) in [6.07, 6.45) is 5.91. The molecule has 0 spiro atoms. The van der Waals surface area contributed by atoms with E-state index in [1.54, 1.807) is 11.3 Å². The van der Waals surface area contributed by atoms with E-state index in [0.29, 0.717) is 0 Å². The van der Waals surface area contributed by atoms with Gasteiger partial charge in [0, 0.05) is 23.0 Å². The van der Waals surface area contributed by atoms with Crippen molar-refractivity contribution in [3.8, 4) is 0 Å². The molecule has 0 saturated heterocycles. The first kappa shape index (κ1) is 9.16. The van der Waals surface area contributed by atoms with E-state index in [2.05, 4.69) is 10.4 Å². The summed E-state index contributed by atoms with van der Waals surface area (Å²) < 4.78 is 0. The van der Waals surface area contributed by atoms with Gasteiger partial charge in [0.25, 0.3) is 0 Å². The van der Waals surface area contributed by atoms with Gasteiger partial charge < -0.3 is 5.73 Å². The van der Waals surface area contributed by atoms with Gasteiger partial charge in [-0.1, -0.05) is 12.8 Å². The molecule has 1 aliphatic carbocycles. The molecule has 2 nitrogen and oxygen atoms in total. The molecule has 13 heavy (non-hydrogen) atoms. The molecule has 1 aromatic heterocycles. The molecule has 2 rings (SSSR count). The average molecular weight is 196 g/mol. The number of thiazole rings is 1. The lowest BCUT2D eigenvalue weighted by Gasteiger charge is -2.21. The highest BCUT2D eigenvalue weighted by atomic mass is 32.1. The Kier molecular flexibility index (Phi) is 2.39. The fourth-order valence-electron chi connectivity index (χ4n) is 2.04. The highest BCUT2D eigenvalue weighted by molar-refractivity contribution is 7.09. The van der Waals surface area contributed by atoms with Crippen LogP contribution in [0.25, 0.3) is 0 Å². The van der Waals surface area contributed by atoms with Crippen molar-refractivity contribution in [1.82, 2.24) is 4.98 Å². The van der Waals surface area contributed by atoms with Crippen molar-refractivity contribution in [2.75, 3.05) is 0 Å². The Balaban J connectivity index is 2.04. The largest absolute Gasteiger partial charge is 0.325 e. The van der Waals surface area contributed by atoms with Gasteiger partial charge in [-0.15, -0.1) is 11.3 Å². The molecule has 1 heterocycles. The molecule has 0 radical (unpaired) electrons. The van der Waals surface area contributed by atoms with Gasteiger partial charge >= 0.3 is 0 Å². The van der Waals surface area contributed by atoms with E-state index >= 15 is 0 Å². The van der Waals surface area contributed by atoms with E-state index in [1.165, 1.54) is 30.7 Å². The first-order chi connectivity index (χ1) is 6.18. The summed E-state index contributed by atoms with van der Waals surface area (Å²) in [6.45, 7) is 2.04. The van der Waals surface area contributed by atoms with E-state index in [1.807, 2.05) is 6.92 Å². The van der Waals surface area contributed by atoms with E-state index in [0.717, 1.165) is 12.1 Å². The van der Waals surface area contributed by atoms with Crippen molar-refractivity contribution < 1.29 is 0 Å². The molecule has 1 aliphatic rings. The lowest BCUT2D eigenvalue weighted by atomic mass is 9.95. The van der Waals surface area contributed by atoms with Gasteiger partial charge in [-0.05, 0) is 19.8 Å². The van der Waals surface area contributed by atoms with Crippen LogP contribution >= 0.6 is 11.3 Å². The van der Waals surface area contributed by atoms with Gasteiger partial charge in [0.2, 0.25) is 0 Å². The van der Waals surface area contributed by atoms with Gasteiger partial charge in [-0.25, -0.2) is 4.98 Å². The Morgan fingerprint density at radius 1 is 1.54 bits per heavy atom. The van der Waals surface area contributed by atoms with Crippen LogP contribution in [0.15, 0.2) is 5.38 Å². The lowest BCUT2D eigenvalue weighted by Crippen LogP contribution is -2.38. The van der Waals surface area contributed by atoms with Crippen LogP contribution in [0.4, 0.5) is 0 Å². The molecule has 1 saturated carbocycles. The molecular formula is C10H16N2S. The maximum Gasteiger partial charge on any atom is 0.0946 e. The average Bonchev–Trinajstić information content (AvgIpc) is 2.62.